The Kier molecular flexibility index (Phi) is 5.14. The van der Waals surface area contributed by atoms with Gasteiger partial charge in [-0.15, -0.1) is 0 Å². The predicted octanol–water partition coefficient (Wildman–Crippen LogP) is 2.64. The molecular weight excluding hydrogens is 401 g/mol. The number of ether oxygens (including phenoxy) is 1. The van der Waals surface area contributed by atoms with Crippen LogP contribution in [0.1, 0.15) is 41.2 Å². The zero-order valence-corrected chi connectivity index (χ0v) is 17.1. The molecule has 3 unspecified atom stereocenters. The molecule has 162 valence electrons. The van der Waals surface area contributed by atoms with Crippen molar-refractivity contribution in [2.45, 2.75) is 37.4 Å². The molecule has 5 rings (SSSR count). The van der Waals surface area contributed by atoms with Gasteiger partial charge in [-0.3, -0.25) is 4.79 Å². The molecule has 10 heteroatoms. The fraction of sp³-hybridized carbons (Fsp3) is 0.429. The minimum atomic E-state index is -0.975. The SMILES string of the molecule is CNc1cc(Nc2cccc(C3CCCOC3)n2)nc2c(C(=O)NC3CC3F)cnn12. The van der Waals surface area contributed by atoms with E-state index in [4.69, 9.17) is 9.72 Å². The first-order chi connectivity index (χ1) is 15.1. The third-order valence-electron chi connectivity index (χ3n) is 5.61. The number of hydrogen-bond acceptors (Lipinski definition) is 7. The van der Waals surface area contributed by atoms with Gasteiger partial charge in [-0.05, 0) is 25.0 Å². The summed E-state index contributed by atoms with van der Waals surface area (Å²) in [6.07, 6.45) is 2.90. The zero-order valence-electron chi connectivity index (χ0n) is 17.1. The quantitative estimate of drug-likeness (QED) is 0.558. The smallest absolute Gasteiger partial charge is 0.257 e. The number of anilines is 3. The average Bonchev–Trinajstić information content (AvgIpc) is 3.31. The van der Waals surface area contributed by atoms with Crippen molar-refractivity contribution in [1.29, 1.82) is 0 Å². The fourth-order valence-electron chi connectivity index (χ4n) is 3.78. The highest BCUT2D eigenvalue weighted by atomic mass is 19.1. The number of carbonyl (C=O) groups excluding carboxylic acids is 1. The molecule has 0 aromatic carbocycles. The van der Waals surface area contributed by atoms with E-state index in [2.05, 4.69) is 26.0 Å². The summed E-state index contributed by atoms with van der Waals surface area (Å²) >= 11 is 0. The summed E-state index contributed by atoms with van der Waals surface area (Å²) in [5.74, 6) is 1.73. The van der Waals surface area contributed by atoms with Crippen LogP contribution in [0.15, 0.2) is 30.5 Å². The maximum Gasteiger partial charge on any atom is 0.257 e. The standard InChI is InChI=1S/C21H24FN7O2/c1-23-19-9-18(27-17-6-2-5-15(25-17)12-4-3-7-31-11-12)28-20-13(10-24-29(19)20)21(30)26-16-8-14(16)22/h2,5-6,9-10,12,14,16,23H,3-4,7-8,11H2,1H3,(H,26,30)(H,25,27,28). The van der Waals surface area contributed by atoms with Gasteiger partial charge in [0.2, 0.25) is 0 Å². The second-order valence-electron chi connectivity index (χ2n) is 7.89. The Bertz CT molecular complexity index is 1110. The van der Waals surface area contributed by atoms with Crippen LogP contribution in [0.3, 0.4) is 0 Å². The predicted molar refractivity (Wildman–Crippen MR) is 114 cm³/mol. The summed E-state index contributed by atoms with van der Waals surface area (Å²) in [5.41, 5.74) is 1.65. The van der Waals surface area contributed by atoms with Crippen molar-refractivity contribution in [3.05, 3.63) is 41.7 Å². The molecule has 9 nitrogen and oxygen atoms in total. The van der Waals surface area contributed by atoms with Crippen molar-refractivity contribution >= 4 is 29.0 Å². The van der Waals surface area contributed by atoms with E-state index in [1.54, 1.807) is 17.6 Å². The van der Waals surface area contributed by atoms with Gasteiger partial charge >= 0.3 is 0 Å². The van der Waals surface area contributed by atoms with Crippen molar-refractivity contribution in [1.82, 2.24) is 24.9 Å². The van der Waals surface area contributed by atoms with E-state index in [9.17, 15) is 9.18 Å². The monoisotopic (exact) mass is 425 g/mol. The number of nitrogens with one attached hydrogen (secondary N) is 3. The summed E-state index contributed by atoms with van der Waals surface area (Å²) in [7, 11) is 1.76. The van der Waals surface area contributed by atoms with Gasteiger partial charge in [0.1, 0.15) is 29.2 Å². The summed E-state index contributed by atoms with van der Waals surface area (Å²) in [4.78, 5) is 21.9. The molecule has 1 saturated heterocycles. The van der Waals surface area contributed by atoms with Gasteiger partial charge in [0.15, 0.2) is 5.65 Å². The lowest BCUT2D eigenvalue weighted by Gasteiger charge is -2.22. The van der Waals surface area contributed by atoms with Gasteiger partial charge in [-0.1, -0.05) is 6.07 Å². The zero-order chi connectivity index (χ0) is 21.4. The molecule has 1 saturated carbocycles. The third kappa shape index (κ3) is 4.02. The highest BCUT2D eigenvalue weighted by Crippen LogP contribution is 2.27. The number of alkyl halides is 1. The molecule has 2 aliphatic rings. The molecule has 4 heterocycles. The fourth-order valence-corrected chi connectivity index (χ4v) is 3.78. The van der Waals surface area contributed by atoms with Crippen LogP contribution in [-0.4, -0.2) is 58.0 Å². The van der Waals surface area contributed by atoms with E-state index in [1.165, 1.54) is 6.20 Å². The Morgan fingerprint density at radius 2 is 2.16 bits per heavy atom. The van der Waals surface area contributed by atoms with Crippen molar-refractivity contribution in [3.8, 4) is 0 Å². The number of pyridine rings is 1. The molecule has 0 radical (unpaired) electrons. The molecule has 2 fully saturated rings. The maximum absolute atomic E-state index is 13.2. The molecule has 1 aliphatic carbocycles. The van der Waals surface area contributed by atoms with Crippen LogP contribution in [-0.2, 0) is 4.74 Å². The van der Waals surface area contributed by atoms with Crippen LogP contribution in [0.2, 0.25) is 0 Å². The topological polar surface area (TPSA) is 105 Å². The largest absolute Gasteiger partial charge is 0.381 e. The molecule has 1 aliphatic heterocycles. The number of halogens is 1. The number of rotatable bonds is 6. The van der Waals surface area contributed by atoms with Crippen LogP contribution in [0, 0.1) is 0 Å². The van der Waals surface area contributed by atoms with Gasteiger partial charge in [-0.25, -0.2) is 14.4 Å². The maximum atomic E-state index is 13.2. The second kappa shape index (κ2) is 8.10. The van der Waals surface area contributed by atoms with Gasteiger partial charge in [-0.2, -0.15) is 9.61 Å². The summed E-state index contributed by atoms with van der Waals surface area (Å²) < 4.78 is 20.3. The van der Waals surface area contributed by atoms with Crippen LogP contribution < -0.4 is 16.0 Å². The van der Waals surface area contributed by atoms with Gasteiger partial charge < -0.3 is 20.7 Å². The summed E-state index contributed by atoms with van der Waals surface area (Å²) in [6, 6.07) is 7.20. The normalized spacial score (nSPS) is 22.8. The molecule has 0 bridgehead atoms. The van der Waals surface area contributed by atoms with E-state index in [1.807, 2.05) is 18.2 Å². The van der Waals surface area contributed by atoms with Gasteiger partial charge in [0.25, 0.3) is 5.91 Å². The molecule has 1 amide bonds. The first-order valence-electron chi connectivity index (χ1n) is 10.5. The Balaban J connectivity index is 1.43. The van der Waals surface area contributed by atoms with Crippen LogP contribution in [0.5, 0.6) is 0 Å². The van der Waals surface area contributed by atoms with Crippen molar-refractivity contribution in [3.63, 3.8) is 0 Å². The van der Waals surface area contributed by atoms with E-state index in [0.717, 1.165) is 25.1 Å². The first-order valence-corrected chi connectivity index (χ1v) is 10.5. The second-order valence-corrected chi connectivity index (χ2v) is 7.89. The van der Waals surface area contributed by atoms with E-state index < -0.39 is 12.2 Å². The van der Waals surface area contributed by atoms with Gasteiger partial charge in [0.05, 0.1) is 18.8 Å². The van der Waals surface area contributed by atoms with Crippen molar-refractivity contribution in [2.24, 2.45) is 0 Å². The number of amides is 1. The summed E-state index contributed by atoms with van der Waals surface area (Å²) in [6.45, 7) is 1.48. The molecular formula is C21H24FN7O2. The van der Waals surface area contributed by atoms with E-state index >= 15 is 0 Å². The lowest BCUT2D eigenvalue weighted by atomic mass is 9.98. The Morgan fingerprint density at radius 3 is 2.90 bits per heavy atom. The first kappa shape index (κ1) is 19.7. The average molecular weight is 425 g/mol. The lowest BCUT2D eigenvalue weighted by molar-refractivity contribution is 0.0793. The minimum Gasteiger partial charge on any atom is -0.381 e. The highest BCUT2D eigenvalue weighted by Gasteiger charge is 2.39. The molecule has 3 atom stereocenters. The van der Waals surface area contributed by atoms with Gasteiger partial charge in [0, 0.05) is 37.8 Å². The molecule has 31 heavy (non-hydrogen) atoms. The minimum absolute atomic E-state index is 0.283. The van der Waals surface area contributed by atoms with E-state index in [-0.39, 0.29) is 11.8 Å². The number of aromatic nitrogens is 4. The highest BCUT2D eigenvalue weighted by molar-refractivity contribution is 6.00. The van der Waals surface area contributed by atoms with E-state index in [0.29, 0.717) is 41.7 Å². The molecule has 3 aromatic rings. The third-order valence-corrected chi connectivity index (χ3v) is 5.61. The Hall–Kier alpha value is -3.27. The Morgan fingerprint density at radius 1 is 1.29 bits per heavy atom. The summed E-state index contributed by atoms with van der Waals surface area (Å²) in [5, 5.41) is 13.2. The van der Waals surface area contributed by atoms with Crippen molar-refractivity contribution < 1.29 is 13.9 Å². The Labute approximate surface area is 178 Å². The van der Waals surface area contributed by atoms with Crippen LogP contribution in [0.4, 0.5) is 21.8 Å². The van der Waals surface area contributed by atoms with Crippen LogP contribution >= 0.6 is 0 Å². The number of nitrogens with zero attached hydrogens (tertiary/aromatic N) is 4. The lowest BCUT2D eigenvalue weighted by Crippen LogP contribution is -2.27. The number of hydrogen-bond donors (Lipinski definition) is 3. The van der Waals surface area contributed by atoms with Crippen molar-refractivity contribution in [2.75, 3.05) is 30.9 Å². The number of carbonyl (C=O) groups is 1. The number of fused-ring (bicyclic) bond motifs is 1. The van der Waals surface area contributed by atoms with Crippen LogP contribution in [0.25, 0.3) is 5.65 Å². The molecule has 3 N–H and O–H groups in total. The molecule has 3 aromatic heterocycles. The molecule has 0 spiro atoms.